The van der Waals surface area contributed by atoms with Gasteiger partial charge in [-0.25, -0.2) is 0 Å². The highest BCUT2D eigenvalue weighted by atomic mass is 15.1. The third-order valence-corrected chi connectivity index (χ3v) is 10.7. The summed E-state index contributed by atoms with van der Waals surface area (Å²) < 4.78 is 0. The van der Waals surface area contributed by atoms with E-state index in [0.29, 0.717) is 0 Å². The molecule has 0 saturated heterocycles. The van der Waals surface area contributed by atoms with Crippen molar-refractivity contribution in [2.75, 3.05) is 4.90 Å². The minimum Gasteiger partial charge on any atom is -0.310 e. The van der Waals surface area contributed by atoms with E-state index < -0.39 is 5.41 Å². The summed E-state index contributed by atoms with van der Waals surface area (Å²) in [5, 5.41) is 5.16. The van der Waals surface area contributed by atoms with Crippen LogP contribution in [0.4, 0.5) is 17.1 Å². The van der Waals surface area contributed by atoms with Gasteiger partial charge in [-0.05, 0) is 127 Å². The average Bonchev–Trinajstić information content (AvgIpc) is 3.59. The van der Waals surface area contributed by atoms with Crippen molar-refractivity contribution in [3.8, 4) is 22.3 Å². The van der Waals surface area contributed by atoms with Crippen molar-refractivity contribution in [1.82, 2.24) is 0 Å². The second-order valence-electron chi connectivity index (χ2n) is 13.5. The summed E-state index contributed by atoms with van der Waals surface area (Å²) in [7, 11) is 0. The fraction of sp³-hybridized carbons (Fsp3) is 0.0638. The van der Waals surface area contributed by atoms with Gasteiger partial charge in [-0.1, -0.05) is 127 Å². The predicted octanol–water partition coefficient (Wildman–Crippen LogP) is 12.4. The molecule has 0 heterocycles. The number of aryl methyl sites for hydroxylation is 2. The maximum Gasteiger partial charge on any atom is 0.0737 e. The molecule has 0 bridgehead atoms. The predicted molar refractivity (Wildman–Crippen MR) is 202 cm³/mol. The SMILES string of the molecule is Cc1cc(C)cc(N(c2ccccc2)c2ccc3c4c(ccc3c2)-c2ccc3ccccc3c2C42c3ccccc3-c3ccccc32)c1. The topological polar surface area (TPSA) is 3.24 Å². The molecule has 0 N–H and O–H groups in total. The Labute approximate surface area is 281 Å². The standard InChI is InChI=1S/C47H33N/c1-30-26-31(2)28-36(27-30)48(34-13-4-3-5-14-34)35-22-25-38-33(29-35)21-24-42-41-23-20-32-12-6-7-15-37(32)45(41)47(46(38)42)43-18-10-8-16-39(43)40-17-9-11-19-44(40)47/h3-29H,1-2H3. The van der Waals surface area contributed by atoms with E-state index in [1.165, 1.54) is 82.9 Å². The van der Waals surface area contributed by atoms with Gasteiger partial charge >= 0.3 is 0 Å². The lowest BCUT2D eigenvalue weighted by atomic mass is 9.68. The Balaban J connectivity index is 1.30. The van der Waals surface area contributed by atoms with Gasteiger partial charge in [-0.3, -0.25) is 0 Å². The van der Waals surface area contributed by atoms with Crippen molar-refractivity contribution < 1.29 is 0 Å². The maximum atomic E-state index is 2.39. The van der Waals surface area contributed by atoms with Gasteiger partial charge in [0.2, 0.25) is 0 Å². The molecule has 0 fully saturated rings. The number of rotatable bonds is 3. The van der Waals surface area contributed by atoms with Crippen LogP contribution in [0.1, 0.15) is 33.4 Å². The van der Waals surface area contributed by atoms with Gasteiger partial charge in [-0.15, -0.1) is 0 Å². The van der Waals surface area contributed by atoms with Crippen molar-refractivity contribution >= 4 is 38.6 Å². The summed E-state index contributed by atoms with van der Waals surface area (Å²) in [4.78, 5) is 2.39. The average molecular weight is 612 g/mol. The van der Waals surface area contributed by atoms with Gasteiger partial charge in [0.15, 0.2) is 0 Å². The number of nitrogens with zero attached hydrogens (tertiary/aromatic N) is 1. The monoisotopic (exact) mass is 611 g/mol. The molecule has 1 nitrogen and oxygen atoms in total. The Kier molecular flexibility index (Phi) is 5.69. The van der Waals surface area contributed by atoms with Gasteiger partial charge in [0.25, 0.3) is 0 Å². The highest BCUT2D eigenvalue weighted by Crippen LogP contribution is 2.65. The molecular weight excluding hydrogens is 579 g/mol. The molecule has 0 radical (unpaired) electrons. The lowest BCUT2D eigenvalue weighted by molar-refractivity contribution is 0.809. The molecule has 0 aromatic heterocycles. The Hall–Kier alpha value is -5.92. The van der Waals surface area contributed by atoms with Crippen LogP contribution in [0, 0.1) is 13.8 Å². The van der Waals surface area contributed by atoms with Gasteiger partial charge in [-0.2, -0.15) is 0 Å². The fourth-order valence-corrected chi connectivity index (χ4v) is 8.99. The van der Waals surface area contributed by atoms with Crippen molar-refractivity contribution in [2.24, 2.45) is 0 Å². The Morgan fingerprint density at radius 2 is 0.938 bits per heavy atom. The first-order chi connectivity index (χ1) is 23.6. The van der Waals surface area contributed by atoms with Crippen LogP contribution in [0.5, 0.6) is 0 Å². The Bertz CT molecular complexity index is 2530. The van der Waals surface area contributed by atoms with E-state index in [1.54, 1.807) is 0 Å². The summed E-state index contributed by atoms with van der Waals surface area (Å²) in [5.74, 6) is 0. The third kappa shape index (κ3) is 3.62. The first-order valence-electron chi connectivity index (χ1n) is 16.9. The summed E-state index contributed by atoms with van der Waals surface area (Å²) in [6.45, 7) is 4.36. The summed E-state index contributed by atoms with van der Waals surface area (Å²) >= 11 is 0. The molecule has 0 saturated carbocycles. The van der Waals surface area contributed by atoms with Crippen LogP contribution in [0.25, 0.3) is 43.8 Å². The second kappa shape index (κ2) is 10.0. The molecule has 8 aromatic rings. The lowest BCUT2D eigenvalue weighted by Gasteiger charge is -2.32. The molecule has 2 aliphatic carbocycles. The molecular formula is C47H33N. The van der Waals surface area contributed by atoms with E-state index >= 15 is 0 Å². The molecule has 226 valence electrons. The molecule has 10 rings (SSSR count). The van der Waals surface area contributed by atoms with Crippen molar-refractivity contribution in [1.29, 1.82) is 0 Å². The third-order valence-electron chi connectivity index (χ3n) is 10.7. The largest absolute Gasteiger partial charge is 0.310 e. The molecule has 48 heavy (non-hydrogen) atoms. The van der Waals surface area contributed by atoms with E-state index in [9.17, 15) is 0 Å². The van der Waals surface area contributed by atoms with Crippen LogP contribution < -0.4 is 4.90 Å². The molecule has 0 amide bonds. The number of hydrogen-bond acceptors (Lipinski definition) is 1. The summed E-state index contributed by atoms with van der Waals surface area (Å²) in [5.41, 5.74) is 16.5. The van der Waals surface area contributed by atoms with Crippen LogP contribution in [0.2, 0.25) is 0 Å². The van der Waals surface area contributed by atoms with E-state index in [0.717, 1.165) is 11.4 Å². The molecule has 8 aromatic carbocycles. The first-order valence-corrected chi connectivity index (χ1v) is 16.9. The minimum absolute atomic E-state index is 0.424. The molecule has 0 atom stereocenters. The zero-order valence-electron chi connectivity index (χ0n) is 27.0. The first kappa shape index (κ1) is 27.2. The van der Waals surface area contributed by atoms with Gasteiger partial charge in [0, 0.05) is 17.1 Å². The Morgan fingerprint density at radius 3 is 1.62 bits per heavy atom. The molecule has 1 heteroatoms. The fourth-order valence-electron chi connectivity index (χ4n) is 8.99. The summed E-state index contributed by atoms with van der Waals surface area (Å²) in [6, 6.07) is 61.2. The molecule has 1 spiro atoms. The van der Waals surface area contributed by atoms with Gasteiger partial charge < -0.3 is 4.90 Å². The number of anilines is 3. The van der Waals surface area contributed by atoms with Crippen molar-refractivity contribution in [2.45, 2.75) is 19.3 Å². The lowest BCUT2D eigenvalue weighted by Crippen LogP contribution is -2.26. The highest BCUT2D eigenvalue weighted by Gasteiger charge is 2.53. The number of fused-ring (bicyclic) bond motifs is 14. The molecule has 0 aliphatic heterocycles. The smallest absolute Gasteiger partial charge is 0.0737 e. The van der Waals surface area contributed by atoms with E-state index in [2.05, 4.69) is 183 Å². The normalized spacial score (nSPS) is 13.4. The Morgan fingerprint density at radius 1 is 0.375 bits per heavy atom. The zero-order chi connectivity index (χ0) is 32.0. The van der Waals surface area contributed by atoms with E-state index in [1.807, 2.05) is 0 Å². The second-order valence-corrected chi connectivity index (χ2v) is 13.5. The van der Waals surface area contributed by atoms with Crippen LogP contribution in [-0.4, -0.2) is 0 Å². The summed E-state index contributed by atoms with van der Waals surface area (Å²) in [6.07, 6.45) is 0. The quantitative estimate of drug-likeness (QED) is 0.192. The number of hydrogen-bond donors (Lipinski definition) is 0. The zero-order valence-corrected chi connectivity index (χ0v) is 27.0. The number of para-hydroxylation sites is 1. The van der Waals surface area contributed by atoms with Crippen LogP contribution in [0.3, 0.4) is 0 Å². The van der Waals surface area contributed by atoms with Gasteiger partial charge in [0.05, 0.1) is 5.41 Å². The van der Waals surface area contributed by atoms with Gasteiger partial charge in [0.1, 0.15) is 0 Å². The maximum absolute atomic E-state index is 2.39. The van der Waals surface area contributed by atoms with Crippen molar-refractivity contribution in [3.63, 3.8) is 0 Å². The number of benzene rings is 8. The molecule has 2 aliphatic rings. The van der Waals surface area contributed by atoms with Crippen LogP contribution >= 0.6 is 0 Å². The molecule has 0 unspecified atom stereocenters. The van der Waals surface area contributed by atoms with Crippen LogP contribution in [0.15, 0.2) is 164 Å². The highest BCUT2D eigenvalue weighted by molar-refractivity contribution is 6.09. The van der Waals surface area contributed by atoms with E-state index in [-0.39, 0.29) is 0 Å². The van der Waals surface area contributed by atoms with Crippen LogP contribution in [-0.2, 0) is 5.41 Å². The van der Waals surface area contributed by atoms with E-state index in [4.69, 9.17) is 0 Å². The minimum atomic E-state index is -0.424. The van der Waals surface area contributed by atoms with Crippen molar-refractivity contribution in [3.05, 3.63) is 197 Å².